The number of para-hydroxylation sites is 1. The standard InChI is InChI=1S/C18H24N2O/c1-5-15-8-6-7-9-17(15)21-18-10-14(4)20-12-16(18)11-19-13(2)3/h6-10,12-13,19H,5,11H2,1-4H3. The quantitative estimate of drug-likeness (QED) is 0.861. The highest BCUT2D eigenvalue weighted by Crippen LogP contribution is 2.28. The van der Waals surface area contributed by atoms with E-state index >= 15 is 0 Å². The lowest BCUT2D eigenvalue weighted by Crippen LogP contribution is -2.22. The molecule has 21 heavy (non-hydrogen) atoms. The molecule has 112 valence electrons. The van der Waals surface area contributed by atoms with Crippen LogP contribution in [0.1, 0.15) is 37.6 Å². The van der Waals surface area contributed by atoms with E-state index in [0.717, 1.165) is 35.7 Å². The Bertz CT molecular complexity index is 594. The molecule has 0 fully saturated rings. The second-order valence-corrected chi connectivity index (χ2v) is 5.53. The molecule has 1 aromatic carbocycles. The molecule has 2 aromatic rings. The summed E-state index contributed by atoms with van der Waals surface area (Å²) in [4.78, 5) is 4.38. The number of aryl methyl sites for hydroxylation is 2. The molecule has 3 heteroatoms. The molecule has 1 heterocycles. The van der Waals surface area contributed by atoms with Gasteiger partial charge in [-0.2, -0.15) is 0 Å². The van der Waals surface area contributed by atoms with Crippen molar-refractivity contribution >= 4 is 0 Å². The van der Waals surface area contributed by atoms with Gasteiger partial charge in [0, 0.05) is 36.1 Å². The zero-order chi connectivity index (χ0) is 15.2. The summed E-state index contributed by atoms with van der Waals surface area (Å²) >= 11 is 0. The van der Waals surface area contributed by atoms with Gasteiger partial charge in [0.25, 0.3) is 0 Å². The first-order chi connectivity index (χ1) is 10.1. The monoisotopic (exact) mass is 284 g/mol. The SMILES string of the molecule is CCc1ccccc1Oc1cc(C)ncc1CNC(C)C. The molecule has 1 aromatic heterocycles. The van der Waals surface area contributed by atoms with Gasteiger partial charge in [0.15, 0.2) is 0 Å². The Morgan fingerprint density at radius 2 is 1.90 bits per heavy atom. The zero-order valence-corrected chi connectivity index (χ0v) is 13.3. The van der Waals surface area contributed by atoms with E-state index in [1.165, 1.54) is 5.56 Å². The average molecular weight is 284 g/mol. The van der Waals surface area contributed by atoms with E-state index in [9.17, 15) is 0 Å². The summed E-state index contributed by atoms with van der Waals surface area (Å²) in [6.45, 7) is 9.15. The molecule has 0 aliphatic heterocycles. The van der Waals surface area contributed by atoms with Crippen LogP contribution in [0.4, 0.5) is 0 Å². The van der Waals surface area contributed by atoms with E-state index < -0.39 is 0 Å². The molecule has 0 saturated carbocycles. The maximum atomic E-state index is 6.16. The molecule has 0 unspecified atom stereocenters. The second-order valence-electron chi connectivity index (χ2n) is 5.53. The first kappa shape index (κ1) is 15.5. The van der Waals surface area contributed by atoms with E-state index in [1.54, 1.807) is 0 Å². The lowest BCUT2D eigenvalue weighted by atomic mass is 10.1. The average Bonchev–Trinajstić information content (AvgIpc) is 2.47. The summed E-state index contributed by atoms with van der Waals surface area (Å²) in [5, 5.41) is 3.42. The number of pyridine rings is 1. The van der Waals surface area contributed by atoms with Gasteiger partial charge in [-0.3, -0.25) is 4.98 Å². The minimum atomic E-state index is 0.432. The fourth-order valence-electron chi connectivity index (χ4n) is 2.12. The highest BCUT2D eigenvalue weighted by Gasteiger charge is 2.09. The number of hydrogen-bond donors (Lipinski definition) is 1. The smallest absolute Gasteiger partial charge is 0.135 e. The van der Waals surface area contributed by atoms with E-state index in [1.807, 2.05) is 37.4 Å². The first-order valence-corrected chi connectivity index (χ1v) is 7.54. The predicted octanol–water partition coefficient (Wildman–Crippen LogP) is 4.24. The van der Waals surface area contributed by atoms with Crippen LogP contribution >= 0.6 is 0 Å². The van der Waals surface area contributed by atoms with Gasteiger partial charge in [0.1, 0.15) is 11.5 Å². The van der Waals surface area contributed by atoms with Crippen molar-refractivity contribution in [3.05, 3.63) is 53.3 Å². The number of aromatic nitrogens is 1. The highest BCUT2D eigenvalue weighted by molar-refractivity contribution is 5.41. The van der Waals surface area contributed by atoms with Gasteiger partial charge < -0.3 is 10.1 Å². The van der Waals surface area contributed by atoms with E-state index in [2.05, 4.69) is 37.1 Å². The third kappa shape index (κ3) is 4.30. The second kappa shape index (κ2) is 7.23. The Morgan fingerprint density at radius 1 is 1.14 bits per heavy atom. The van der Waals surface area contributed by atoms with Crippen LogP contribution < -0.4 is 10.1 Å². The Kier molecular flexibility index (Phi) is 5.34. The van der Waals surface area contributed by atoms with E-state index in [4.69, 9.17) is 4.74 Å². The minimum absolute atomic E-state index is 0.432. The van der Waals surface area contributed by atoms with Crippen LogP contribution in [0.25, 0.3) is 0 Å². The van der Waals surface area contributed by atoms with Gasteiger partial charge in [-0.1, -0.05) is 39.0 Å². The van der Waals surface area contributed by atoms with Gasteiger partial charge in [-0.05, 0) is 25.0 Å². The number of ether oxygens (including phenoxy) is 1. The van der Waals surface area contributed by atoms with Crippen molar-refractivity contribution in [3.8, 4) is 11.5 Å². The van der Waals surface area contributed by atoms with E-state index in [0.29, 0.717) is 6.04 Å². The summed E-state index contributed by atoms with van der Waals surface area (Å²) in [6, 6.07) is 10.6. The highest BCUT2D eigenvalue weighted by atomic mass is 16.5. The fraction of sp³-hybridized carbons (Fsp3) is 0.389. The van der Waals surface area contributed by atoms with Gasteiger partial charge in [0.2, 0.25) is 0 Å². The summed E-state index contributed by atoms with van der Waals surface area (Å²) in [6.07, 6.45) is 2.86. The fourth-order valence-corrected chi connectivity index (χ4v) is 2.12. The summed E-state index contributed by atoms with van der Waals surface area (Å²) in [7, 11) is 0. The normalized spacial score (nSPS) is 10.9. The molecule has 0 radical (unpaired) electrons. The Morgan fingerprint density at radius 3 is 2.62 bits per heavy atom. The van der Waals surface area contributed by atoms with Crippen molar-refractivity contribution in [3.63, 3.8) is 0 Å². The van der Waals surface area contributed by atoms with Gasteiger partial charge in [-0.15, -0.1) is 0 Å². The molecule has 0 atom stereocenters. The Labute approximate surface area is 127 Å². The summed E-state index contributed by atoms with van der Waals surface area (Å²) < 4.78 is 6.16. The van der Waals surface area contributed by atoms with Crippen LogP contribution in [0.5, 0.6) is 11.5 Å². The van der Waals surface area contributed by atoms with Gasteiger partial charge >= 0.3 is 0 Å². The molecule has 0 amide bonds. The van der Waals surface area contributed by atoms with Crippen molar-refractivity contribution in [1.82, 2.24) is 10.3 Å². The molecule has 0 bridgehead atoms. The van der Waals surface area contributed by atoms with Crippen LogP contribution in [0.3, 0.4) is 0 Å². The molecule has 0 aliphatic carbocycles. The zero-order valence-electron chi connectivity index (χ0n) is 13.3. The Balaban J connectivity index is 2.27. The summed E-state index contributed by atoms with van der Waals surface area (Å²) in [5.74, 6) is 1.81. The molecular weight excluding hydrogens is 260 g/mol. The van der Waals surface area contributed by atoms with Gasteiger partial charge in [-0.25, -0.2) is 0 Å². The van der Waals surface area contributed by atoms with Crippen molar-refractivity contribution < 1.29 is 4.74 Å². The molecule has 0 saturated heterocycles. The maximum Gasteiger partial charge on any atom is 0.135 e. The van der Waals surface area contributed by atoms with Crippen LogP contribution in [0, 0.1) is 6.92 Å². The first-order valence-electron chi connectivity index (χ1n) is 7.54. The number of hydrogen-bond acceptors (Lipinski definition) is 3. The predicted molar refractivity (Wildman–Crippen MR) is 86.8 cm³/mol. The summed E-state index contributed by atoms with van der Waals surface area (Å²) in [5.41, 5.74) is 3.27. The van der Waals surface area contributed by atoms with Crippen LogP contribution in [-0.4, -0.2) is 11.0 Å². The molecule has 2 rings (SSSR count). The lowest BCUT2D eigenvalue weighted by molar-refractivity contribution is 0.462. The van der Waals surface area contributed by atoms with Crippen LogP contribution in [0.15, 0.2) is 36.5 Å². The molecular formula is C18H24N2O. The number of nitrogens with one attached hydrogen (secondary N) is 1. The number of nitrogens with zero attached hydrogens (tertiary/aromatic N) is 1. The largest absolute Gasteiger partial charge is 0.457 e. The molecule has 1 N–H and O–H groups in total. The number of benzene rings is 1. The Hall–Kier alpha value is -1.87. The van der Waals surface area contributed by atoms with Crippen molar-refractivity contribution in [1.29, 1.82) is 0 Å². The number of rotatable bonds is 6. The topological polar surface area (TPSA) is 34.1 Å². The molecule has 3 nitrogen and oxygen atoms in total. The third-order valence-electron chi connectivity index (χ3n) is 3.35. The van der Waals surface area contributed by atoms with Crippen molar-refractivity contribution in [2.75, 3.05) is 0 Å². The molecule has 0 aliphatic rings. The maximum absolute atomic E-state index is 6.16. The van der Waals surface area contributed by atoms with Gasteiger partial charge in [0.05, 0.1) is 0 Å². The van der Waals surface area contributed by atoms with Crippen molar-refractivity contribution in [2.24, 2.45) is 0 Å². The minimum Gasteiger partial charge on any atom is -0.457 e. The molecule has 0 spiro atoms. The van der Waals surface area contributed by atoms with Crippen LogP contribution in [-0.2, 0) is 13.0 Å². The lowest BCUT2D eigenvalue weighted by Gasteiger charge is -2.15. The van der Waals surface area contributed by atoms with E-state index in [-0.39, 0.29) is 0 Å². The third-order valence-corrected chi connectivity index (χ3v) is 3.35. The van der Waals surface area contributed by atoms with Crippen LogP contribution in [0.2, 0.25) is 0 Å². The van der Waals surface area contributed by atoms with Crippen molar-refractivity contribution in [2.45, 2.75) is 46.7 Å².